The summed E-state index contributed by atoms with van der Waals surface area (Å²) in [5.41, 5.74) is 0. The molecule has 13 heavy (non-hydrogen) atoms. The van der Waals surface area contributed by atoms with Crippen LogP contribution < -0.4 is 4.74 Å². The maximum absolute atomic E-state index is 11.8. The number of ether oxygens (including phenoxy) is 1. The van der Waals surface area contributed by atoms with Crippen LogP contribution in [0.4, 0.5) is 13.2 Å². The molecule has 0 aliphatic heterocycles. The summed E-state index contributed by atoms with van der Waals surface area (Å²) in [5, 5.41) is 0. The van der Waals surface area contributed by atoms with Crippen molar-refractivity contribution in [3.05, 3.63) is 21.2 Å². The fourth-order valence-corrected chi connectivity index (χ4v) is 1.19. The van der Waals surface area contributed by atoms with Crippen molar-refractivity contribution in [2.75, 3.05) is 0 Å². The van der Waals surface area contributed by atoms with Crippen LogP contribution in [0.2, 0.25) is 0 Å². The fourth-order valence-electron chi connectivity index (χ4n) is 0.583. The highest BCUT2D eigenvalue weighted by Gasteiger charge is 2.32. The molecule has 0 amide bonds. The maximum Gasteiger partial charge on any atom is 0.574 e. The van der Waals surface area contributed by atoms with Crippen LogP contribution in [0.25, 0.3) is 0 Å². The number of hydrogen-bond donors (Lipinski definition) is 0. The van der Waals surface area contributed by atoms with Gasteiger partial charge in [0.1, 0.15) is 0 Å². The van der Waals surface area contributed by atoms with Gasteiger partial charge in [-0.2, -0.15) is 0 Å². The number of alkyl halides is 3. The van der Waals surface area contributed by atoms with Gasteiger partial charge in [0.15, 0.2) is 0 Å². The molecule has 7 heteroatoms. The van der Waals surface area contributed by atoms with Crippen LogP contribution in [0.5, 0.6) is 5.88 Å². The lowest BCUT2D eigenvalue weighted by Crippen LogP contribution is -2.18. The van der Waals surface area contributed by atoms with E-state index in [0.29, 0.717) is 4.47 Å². The Morgan fingerprint density at radius 2 is 1.92 bits per heavy atom. The van der Waals surface area contributed by atoms with Crippen molar-refractivity contribution < 1.29 is 17.9 Å². The first kappa shape index (κ1) is 10.8. The summed E-state index contributed by atoms with van der Waals surface area (Å²) in [4.78, 5) is 3.41. The Kier molecular flexibility index (Phi) is 3.18. The van der Waals surface area contributed by atoms with Crippen molar-refractivity contribution in [2.24, 2.45) is 0 Å². The highest BCUT2D eigenvalue weighted by Crippen LogP contribution is 2.33. The minimum Gasteiger partial charge on any atom is -0.387 e. The minimum absolute atomic E-state index is 0.132. The second-order valence-electron chi connectivity index (χ2n) is 1.96. The summed E-state index contributed by atoms with van der Waals surface area (Å²) < 4.78 is 39.5. The van der Waals surface area contributed by atoms with E-state index in [2.05, 4.69) is 41.6 Å². The van der Waals surface area contributed by atoms with E-state index in [-0.39, 0.29) is 4.47 Å². The molecule has 0 spiro atoms. The lowest BCUT2D eigenvalue weighted by Gasteiger charge is -2.09. The third-order valence-corrected chi connectivity index (χ3v) is 2.98. The summed E-state index contributed by atoms with van der Waals surface area (Å²) in [5.74, 6) is -0.512. The molecule has 0 bridgehead atoms. The van der Waals surface area contributed by atoms with E-state index in [9.17, 15) is 13.2 Å². The molecule has 1 aromatic heterocycles. The molecule has 1 rings (SSSR count). The first-order chi connectivity index (χ1) is 5.90. The van der Waals surface area contributed by atoms with E-state index in [4.69, 9.17) is 0 Å². The van der Waals surface area contributed by atoms with Crippen molar-refractivity contribution in [3.8, 4) is 5.88 Å². The Morgan fingerprint density at radius 3 is 2.46 bits per heavy atom. The van der Waals surface area contributed by atoms with E-state index in [1.807, 2.05) is 0 Å². The molecule has 0 aliphatic rings. The molecular weight excluding hydrogens is 319 g/mol. The fraction of sp³-hybridized carbons (Fsp3) is 0.167. The first-order valence-corrected chi connectivity index (χ1v) is 4.54. The summed E-state index contributed by atoms with van der Waals surface area (Å²) >= 11 is 5.92. The maximum atomic E-state index is 11.8. The van der Waals surface area contributed by atoms with Gasteiger partial charge >= 0.3 is 6.36 Å². The molecule has 0 aliphatic carbocycles. The first-order valence-electron chi connectivity index (χ1n) is 2.96. The second-order valence-corrected chi connectivity index (χ2v) is 3.61. The summed E-state index contributed by atoms with van der Waals surface area (Å²) in [7, 11) is 0. The zero-order chi connectivity index (χ0) is 10.1. The van der Waals surface area contributed by atoms with Crippen LogP contribution in [0.3, 0.4) is 0 Å². The predicted molar refractivity (Wildman–Crippen MR) is 46.3 cm³/mol. The van der Waals surface area contributed by atoms with Crippen molar-refractivity contribution in [2.45, 2.75) is 6.36 Å². The third kappa shape index (κ3) is 3.15. The standard InChI is InChI=1S/C6H2Br2F3NO/c7-3-1-2-12-5(4(3)8)13-6(9,10)11/h1-2H. The summed E-state index contributed by atoms with van der Waals surface area (Å²) in [6.07, 6.45) is -3.52. The topological polar surface area (TPSA) is 22.1 Å². The Balaban J connectivity index is 2.96. The smallest absolute Gasteiger partial charge is 0.387 e. The van der Waals surface area contributed by atoms with Crippen molar-refractivity contribution in [3.63, 3.8) is 0 Å². The van der Waals surface area contributed by atoms with Crippen LogP contribution in [0.1, 0.15) is 0 Å². The van der Waals surface area contributed by atoms with Crippen molar-refractivity contribution in [1.82, 2.24) is 4.98 Å². The Morgan fingerprint density at radius 1 is 1.31 bits per heavy atom. The third-order valence-electron chi connectivity index (χ3n) is 1.02. The molecule has 0 saturated heterocycles. The largest absolute Gasteiger partial charge is 0.574 e. The van der Waals surface area contributed by atoms with E-state index >= 15 is 0 Å². The molecular formula is C6H2Br2F3NO. The van der Waals surface area contributed by atoms with Gasteiger partial charge in [-0.15, -0.1) is 13.2 Å². The molecule has 0 saturated carbocycles. The number of aromatic nitrogens is 1. The van der Waals surface area contributed by atoms with Gasteiger partial charge in [-0.3, -0.25) is 0 Å². The Bertz CT molecular complexity index is 315. The highest BCUT2D eigenvalue weighted by atomic mass is 79.9. The predicted octanol–water partition coefficient (Wildman–Crippen LogP) is 3.51. The summed E-state index contributed by atoms with van der Waals surface area (Å²) in [6, 6.07) is 1.49. The SMILES string of the molecule is FC(F)(F)Oc1nccc(Br)c1Br. The van der Waals surface area contributed by atoms with Crippen LogP contribution in [-0.4, -0.2) is 11.3 Å². The van der Waals surface area contributed by atoms with Gasteiger partial charge in [0.05, 0.1) is 4.47 Å². The van der Waals surface area contributed by atoms with Crippen LogP contribution in [0.15, 0.2) is 21.2 Å². The molecule has 2 nitrogen and oxygen atoms in total. The summed E-state index contributed by atoms with van der Waals surface area (Å²) in [6.45, 7) is 0. The van der Waals surface area contributed by atoms with Gasteiger partial charge in [-0.05, 0) is 37.9 Å². The van der Waals surface area contributed by atoms with Crippen molar-refractivity contribution in [1.29, 1.82) is 0 Å². The zero-order valence-electron chi connectivity index (χ0n) is 5.90. The number of nitrogens with zero attached hydrogens (tertiary/aromatic N) is 1. The molecule has 0 atom stereocenters. The monoisotopic (exact) mass is 319 g/mol. The second kappa shape index (κ2) is 3.83. The van der Waals surface area contributed by atoms with Crippen LogP contribution in [0, 0.1) is 0 Å². The highest BCUT2D eigenvalue weighted by molar-refractivity contribution is 9.13. The molecule has 0 aromatic carbocycles. The molecule has 0 fully saturated rings. The van der Waals surface area contributed by atoms with E-state index in [1.165, 1.54) is 12.3 Å². The molecule has 1 heterocycles. The number of hydrogen-bond acceptors (Lipinski definition) is 2. The number of rotatable bonds is 1. The lowest BCUT2D eigenvalue weighted by atomic mass is 10.5. The lowest BCUT2D eigenvalue weighted by molar-refractivity contribution is -0.276. The van der Waals surface area contributed by atoms with E-state index < -0.39 is 12.2 Å². The average Bonchev–Trinajstić information content (AvgIpc) is 1.96. The van der Waals surface area contributed by atoms with E-state index in [0.717, 1.165) is 0 Å². The van der Waals surface area contributed by atoms with Crippen molar-refractivity contribution >= 4 is 31.9 Å². The number of halogens is 5. The van der Waals surface area contributed by atoms with Gasteiger partial charge in [0.2, 0.25) is 5.88 Å². The Hall–Kier alpha value is -0.300. The molecule has 72 valence electrons. The van der Waals surface area contributed by atoms with Gasteiger partial charge in [-0.25, -0.2) is 4.98 Å². The number of pyridine rings is 1. The molecule has 1 aromatic rings. The minimum atomic E-state index is -4.73. The van der Waals surface area contributed by atoms with E-state index in [1.54, 1.807) is 0 Å². The van der Waals surface area contributed by atoms with Gasteiger partial charge < -0.3 is 4.74 Å². The van der Waals surface area contributed by atoms with Crippen LogP contribution >= 0.6 is 31.9 Å². The van der Waals surface area contributed by atoms with Gasteiger partial charge in [0.25, 0.3) is 0 Å². The molecule has 0 radical (unpaired) electrons. The van der Waals surface area contributed by atoms with Gasteiger partial charge in [0, 0.05) is 10.7 Å². The average molecular weight is 321 g/mol. The van der Waals surface area contributed by atoms with Crippen LogP contribution in [-0.2, 0) is 0 Å². The Labute approximate surface area is 88.4 Å². The molecule has 0 N–H and O–H groups in total. The zero-order valence-corrected chi connectivity index (χ0v) is 9.07. The normalized spacial score (nSPS) is 11.5. The molecule has 0 unspecified atom stereocenters. The van der Waals surface area contributed by atoms with Gasteiger partial charge in [-0.1, -0.05) is 0 Å². The quantitative estimate of drug-likeness (QED) is 0.790.